The van der Waals surface area contributed by atoms with Gasteiger partial charge in [-0.25, -0.2) is 14.8 Å². The third-order valence-corrected chi connectivity index (χ3v) is 4.26. The molecule has 7 heteroatoms. The fraction of sp³-hybridized carbons (Fsp3) is 0.263. The van der Waals surface area contributed by atoms with Crippen LogP contribution in [0.25, 0.3) is 11.3 Å². The van der Waals surface area contributed by atoms with E-state index in [1.54, 1.807) is 17.1 Å². The van der Waals surface area contributed by atoms with Gasteiger partial charge in [0.15, 0.2) is 0 Å². The largest absolute Gasteiger partial charge is 0.334 e. The van der Waals surface area contributed by atoms with Gasteiger partial charge in [-0.2, -0.15) is 5.10 Å². The molecular weight excluding hydrogens is 328 g/mol. The van der Waals surface area contributed by atoms with Crippen LogP contribution < -0.4 is 10.6 Å². The van der Waals surface area contributed by atoms with Crippen LogP contribution in [0.1, 0.15) is 30.1 Å². The minimum Gasteiger partial charge on any atom is -0.334 e. The van der Waals surface area contributed by atoms with Crippen molar-refractivity contribution in [2.45, 2.75) is 25.3 Å². The molecule has 1 aliphatic rings. The number of urea groups is 1. The van der Waals surface area contributed by atoms with E-state index in [4.69, 9.17) is 0 Å². The van der Waals surface area contributed by atoms with Crippen molar-refractivity contribution in [2.75, 3.05) is 5.32 Å². The van der Waals surface area contributed by atoms with Crippen LogP contribution in [0.4, 0.5) is 10.5 Å². The zero-order chi connectivity index (χ0) is 17.9. The molecule has 3 aromatic rings. The highest BCUT2D eigenvalue weighted by atomic mass is 16.2. The first-order valence-corrected chi connectivity index (χ1v) is 8.64. The summed E-state index contributed by atoms with van der Waals surface area (Å²) < 4.78 is 1.75. The monoisotopic (exact) mass is 348 g/mol. The third kappa shape index (κ3) is 3.72. The van der Waals surface area contributed by atoms with E-state index in [1.807, 2.05) is 43.6 Å². The molecule has 0 atom stereocenters. The van der Waals surface area contributed by atoms with Crippen LogP contribution in [0, 0.1) is 0 Å². The number of hydrogen-bond donors (Lipinski definition) is 2. The first kappa shape index (κ1) is 16.3. The average Bonchev–Trinajstić information content (AvgIpc) is 3.44. The van der Waals surface area contributed by atoms with E-state index >= 15 is 0 Å². The molecule has 2 heterocycles. The SMILES string of the molecule is Cn1cc(CNC(=O)Nc2cnc(C3CC3)nc2)c(-c2ccccc2)n1. The predicted molar refractivity (Wildman–Crippen MR) is 98.5 cm³/mol. The Morgan fingerprint density at radius 3 is 2.62 bits per heavy atom. The Kier molecular flexibility index (Phi) is 4.35. The molecule has 0 aliphatic heterocycles. The van der Waals surface area contributed by atoms with E-state index in [0.717, 1.165) is 35.5 Å². The van der Waals surface area contributed by atoms with Gasteiger partial charge in [0.25, 0.3) is 0 Å². The van der Waals surface area contributed by atoms with Crippen LogP contribution in [0.15, 0.2) is 48.9 Å². The molecule has 1 aliphatic carbocycles. The topological polar surface area (TPSA) is 84.7 Å². The Hall–Kier alpha value is -3.22. The number of nitrogens with zero attached hydrogens (tertiary/aromatic N) is 4. The molecule has 0 spiro atoms. The number of benzene rings is 1. The van der Waals surface area contributed by atoms with Crippen molar-refractivity contribution in [1.82, 2.24) is 25.1 Å². The lowest BCUT2D eigenvalue weighted by molar-refractivity contribution is 0.251. The smallest absolute Gasteiger partial charge is 0.319 e. The molecule has 132 valence electrons. The zero-order valence-electron chi connectivity index (χ0n) is 14.5. The van der Waals surface area contributed by atoms with Crippen molar-refractivity contribution in [3.8, 4) is 11.3 Å². The zero-order valence-corrected chi connectivity index (χ0v) is 14.5. The highest BCUT2D eigenvalue weighted by molar-refractivity contribution is 5.88. The summed E-state index contributed by atoms with van der Waals surface area (Å²) in [6.07, 6.45) is 7.53. The van der Waals surface area contributed by atoms with Crippen LogP contribution in [-0.2, 0) is 13.6 Å². The maximum atomic E-state index is 12.2. The van der Waals surface area contributed by atoms with Crippen LogP contribution >= 0.6 is 0 Å². The van der Waals surface area contributed by atoms with Crippen molar-refractivity contribution in [1.29, 1.82) is 0 Å². The van der Waals surface area contributed by atoms with Gasteiger partial charge in [0.1, 0.15) is 5.82 Å². The summed E-state index contributed by atoms with van der Waals surface area (Å²) in [5.74, 6) is 1.36. The summed E-state index contributed by atoms with van der Waals surface area (Å²) in [6.45, 7) is 0.380. The van der Waals surface area contributed by atoms with Crippen LogP contribution in [0.3, 0.4) is 0 Å². The van der Waals surface area contributed by atoms with E-state index in [9.17, 15) is 4.79 Å². The van der Waals surface area contributed by atoms with E-state index in [0.29, 0.717) is 18.2 Å². The highest BCUT2D eigenvalue weighted by Crippen LogP contribution is 2.37. The fourth-order valence-electron chi connectivity index (χ4n) is 2.81. The van der Waals surface area contributed by atoms with Gasteiger partial charge < -0.3 is 10.6 Å². The van der Waals surface area contributed by atoms with Gasteiger partial charge in [0.2, 0.25) is 0 Å². The number of rotatable bonds is 5. The summed E-state index contributed by atoms with van der Waals surface area (Å²) in [5.41, 5.74) is 3.43. The molecule has 1 saturated carbocycles. The summed E-state index contributed by atoms with van der Waals surface area (Å²) in [5, 5.41) is 10.1. The maximum Gasteiger partial charge on any atom is 0.319 e. The quantitative estimate of drug-likeness (QED) is 0.742. The molecule has 2 amide bonds. The second-order valence-electron chi connectivity index (χ2n) is 6.45. The maximum absolute atomic E-state index is 12.2. The Balaban J connectivity index is 1.38. The van der Waals surface area contributed by atoms with E-state index < -0.39 is 0 Å². The number of carbonyl (C=O) groups is 1. The average molecular weight is 348 g/mol. The van der Waals surface area contributed by atoms with Gasteiger partial charge in [-0.3, -0.25) is 4.68 Å². The first-order chi connectivity index (χ1) is 12.7. The molecule has 1 aromatic carbocycles. The lowest BCUT2D eigenvalue weighted by Gasteiger charge is -2.08. The number of nitrogens with one attached hydrogen (secondary N) is 2. The van der Waals surface area contributed by atoms with Crippen molar-refractivity contribution < 1.29 is 4.79 Å². The summed E-state index contributed by atoms with van der Waals surface area (Å²) >= 11 is 0. The van der Waals surface area contributed by atoms with Crippen LogP contribution in [0.5, 0.6) is 0 Å². The van der Waals surface area contributed by atoms with E-state index in [1.165, 1.54) is 0 Å². The molecular formula is C19H20N6O. The standard InChI is InChI=1S/C19H20N6O/c1-25-12-15(17(24-25)13-5-3-2-4-6-13)9-22-19(26)23-16-10-20-18(21-11-16)14-7-8-14/h2-6,10-12,14H,7-9H2,1H3,(H2,22,23,26). The van der Waals surface area contributed by atoms with Gasteiger partial charge in [-0.1, -0.05) is 30.3 Å². The third-order valence-electron chi connectivity index (χ3n) is 4.26. The molecule has 7 nitrogen and oxygen atoms in total. The molecule has 2 aromatic heterocycles. The molecule has 0 saturated heterocycles. The molecule has 0 radical (unpaired) electrons. The van der Waals surface area contributed by atoms with E-state index in [-0.39, 0.29) is 6.03 Å². The fourth-order valence-corrected chi connectivity index (χ4v) is 2.81. The van der Waals surface area contributed by atoms with Gasteiger partial charge in [0, 0.05) is 36.8 Å². The second-order valence-corrected chi connectivity index (χ2v) is 6.45. The summed E-state index contributed by atoms with van der Waals surface area (Å²) in [6, 6.07) is 9.62. The van der Waals surface area contributed by atoms with Gasteiger partial charge in [-0.05, 0) is 12.8 Å². The number of amides is 2. The number of anilines is 1. The Bertz CT molecular complexity index is 900. The number of aryl methyl sites for hydroxylation is 1. The van der Waals surface area contributed by atoms with Crippen molar-refractivity contribution in [3.63, 3.8) is 0 Å². The number of hydrogen-bond acceptors (Lipinski definition) is 4. The molecule has 1 fully saturated rings. The normalized spacial score (nSPS) is 13.4. The van der Waals surface area contributed by atoms with Crippen molar-refractivity contribution >= 4 is 11.7 Å². The lowest BCUT2D eigenvalue weighted by atomic mass is 10.1. The molecule has 26 heavy (non-hydrogen) atoms. The minimum absolute atomic E-state index is 0.296. The van der Waals surface area contributed by atoms with Crippen LogP contribution in [-0.4, -0.2) is 25.8 Å². The molecule has 2 N–H and O–H groups in total. The summed E-state index contributed by atoms with van der Waals surface area (Å²) in [7, 11) is 1.87. The van der Waals surface area contributed by atoms with Crippen molar-refractivity contribution in [3.05, 3.63) is 60.3 Å². The number of carbonyl (C=O) groups excluding carboxylic acids is 1. The highest BCUT2D eigenvalue weighted by Gasteiger charge is 2.26. The Morgan fingerprint density at radius 1 is 1.19 bits per heavy atom. The predicted octanol–water partition coefficient (Wildman–Crippen LogP) is 3.08. The second kappa shape index (κ2) is 6.95. The minimum atomic E-state index is -0.296. The first-order valence-electron chi connectivity index (χ1n) is 8.64. The van der Waals surface area contributed by atoms with E-state index in [2.05, 4.69) is 25.7 Å². The Labute approximate surface area is 151 Å². The summed E-state index contributed by atoms with van der Waals surface area (Å²) in [4.78, 5) is 20.8. The van der Waals surface area contributed by atoms with Crippen LogP contribution in [0.2, 0.25) is 0 Å². The van der Waals surface area contributed by atoms with Gasteiger partial charge in [-0.15, -0.1) is 0 Å². The van der Waals surface area contributed by atoms with Crippen molar-refractivity contribution in [2.24, 2.45) is 7.05 Å². The lowest BCUT2D eigenvalue weighted by Crippen LogP contribution is -2.28. The molecule has 4 rings (SSSR count). The Morgan fingerprint density at radius 2 is 1.92 bits per heavy atom. The molecule has 0 bridgehead atoms. The van der Waals surface area contributed by atoms with Gasteiger partial charge in [0.05, 0.1) is 23.8 Å². The van der Waals surface area contributed by atoms with Gasteiger partial charge >= 0.3 is 6.03 Å². The molecule has 0 unspecified atom stereocenters. The number of aromatic nitrogens is 4.